The van der Waals surface area contributed by atoms with Gasteiger partial charge in [-0.05, 0) is 53.9 Å². The number of carbonyl (C=O) groups excluding carboxylic acids is 1. The van der Waals surface area contributed by atoms with E-state index in [1.165, 1.54) is 17.7 Å². The van der Waals surface area contributed by atoms with Gasteiger partial charge in [0.15, 0.2) is 0 Å². The average Bonchev–Trinajstić information content (AvgIpc) is 2.69. The maximum Gasteiger partial charge on any atom is 0.251 e. The third kappa shape index (κ3) is 5.79. The van der Waals surface area contributed by atoms with Gasteiger partial charge in [-0.3, -0.25) is 4.79 Å². The molecule has 2 N–H and O–H groups in total. The molecular formula is C21H19ClFN3O. The first kappa shape index (κ1) is 18.9. The van der Waals surface area contributed by atoms with Crippen molar-refractivity contribution in [3.8, 4) is 0 Å². The van der Waals surface area contributed by atoms with Crippen molar-refractivity contribution >= 4 is 23.3 Å². The van der Waals surface area contributed by atoms with Gasteiger partial charge in [0.05, 0.1) is 0 Å². The highest BCUT2D eigenvalue weighted by atomic mass is 35.5. The van der Waals surface area contributed by atoms with Gasteiger partial charge in [0.25, 0.3) is 5.91 Å². The third-order valence-corrected chi connectivity index (χ3v) is 4.27. The molecule has 0 aliphatic rings. The number of benzene rings is 2. The van der Waals surface area contributed by atoms with E-state index < -0.39 is 0 Å². The van der Waals surface area contributed by atoms with Crippen molar-refractivity contribution in [3.63, 3.8) is 0 Å². The topological polar surface area (TPSA) is 54.0 Å². The van der Waals surface area contributed by atoms with Gasteiger partial charge in [-0.2, -0.15) is 0 Å². The van der Waals surface area contributed by atoms with E-state index in [0.717, 1.165) is 12.0 Å². The van der Waals surface area contributed by atoms with E-state index in [4.69, 9.17) is 11.6 Å². The smallest absolute Gasteiger partial charge is 0.251 e. The van der Waals surface area contributed by atoms with Gasteiger partial charge in [-0.1, -0.05) is 35.9 Å². The molecule has 1 amide bonds. The van der Waals surface area contributed by atoms with E-state index in [9.17, 15) is 9.18 Å². The Balaban J connectivity index is 1.52. The van der Waals surface area contributed by atoms with Crippen LogP contribution in [0.15, 0.2) is 66.9 Å². The Kier molecular flexibility index (Phi) is 6.39. The predicted octanol–water partition coefficient (Wildman–Crippen LogP) is 4.46. The van der Waals surface area contributed by atoms with Crippen LogP contribution in [0.3, 0.4) is 0 Å². The lowest BCUT2D eigenvalue weighted by Crippen LogP contribution is -2.23. The van der Waals surface area contributed by atoms with Crippen molar-refractivity contribution in [1.82, 2.24) is 10.3 Å². The number of nitrogens with zero attached hydrogens (tertiary/aromatic N) is 1. The molecule has 1 heterocycles. The summed E-state index contributed by atoms with van der Waals surface area (Å²) >= 11 is 5.88. The van der Waals surface area contributed by atoms with Crippen LogP contribution in [0.4, 0.5) is 10.2 Å². The first-order chi connectivity index (χ1) is 13.1. The van der Waals surface area contributed by atoms with Gasteiger partial charge >= 0.3 is 0 Å². The molecular weight excluding hydrogens is 365 g/mol. The molecule has 0 fully saturated rings. The summed E-state index contributed by atoms with van der Waals surface area (Å²) < 4.78 is 12.9. The van der Waals surface area contributed by atoms with E-state index >= 15 is 0 Å². The highest BCUT2D eigenvalue weighted by Crippen LogP contribution is 2.11. The number of pyridine rings is 1. The number of hydrogen-bond donors (Lipinski definition) is 2. The molecule has 0 spiro atoms. The fraction of sp³-hybridized carbons (Fsp3) is 0.143. The lowest BCUT2D eigenvalue weighted by Gasteiger charge is -2.09. The molecule has 0 atom stereocenters. The fourth-order valence-corrected chi connectivity index (χ4v) is 2.67. The number of aromatic nitrogens is 1. The van der Waals surface area contributed by atoms with Crippen LogP contribution in [0.25, 0.3) is 0 Å². The molecule has 27 heavy (non-hydrogen) atoms. The van der Waals surface area contributed by atoms with Gasteiger partial charge in [-0.15, -0.1) is 0 Å². The monoisotopic (exact) mass is 383 g/mol. The fourth-order valence-electron chi connectivity index (χ4n) is 2.54. The normalized spacial score (nSPS) is 10.4. The number of anilines is 1. The Morgan fingerprint density at radius 2 is 1.70 bits per heavy atom. The Labute approximate surface area is 162 Å². The first-order valence-electron chi connectivity index (χ1n) is 8.57. The standard InChI is InChI=1S/C21H19ClFN3O/c22-18-5-1-15(2-6-18)9-11-24-20-13-17(10-12-25-20)21(27)26-14-16-3-7-19(23)8-4-16/h1-8,10,12-13H,9,11,14H2,(H,24,25)(H,26,27). The average molecular weight is 384 g/mol. The molecule has 138 valence electrons. The summed E-state index contributed by atoms with van der Waals surface area (Å²) in [5, 5.41) is 6.75. The van der Waals surface area contributed by atoms with Crippen molar-refractivity contribution in [3.05, 3.63) is 94.4 Å². The lowest BCUT2D eigenvalue weighted by molar-refractivity contribution is 0.0951. The summed E-state index contributed by atoms with van der Waals surface area (Å²) in [5.74, 6) is 0.134. The maximum absolute atomic E-state index is 12.9. The number of hydrogen-bond acceptors (Lipinski definition) is 3. The zero-order chi connectivity index (χ0) is 19.1. The summed E-state index contributed by atoms with van der Waals surface area (Å²) in [6.07, 6.45) is 2.41. The summed E-state index contributed by atoms with van der Waals surface area (Å²) in [7, 11) is 0. The van der Waals surface area contributed by atoms with Crippen LogP contribution in [-0.4, -0.2) is 17.4 Å². The molecule has 0 unspecified atom stereocenters. The molecule has 2 aromatic carbocycles. The SMILES string of the molecule is O=C(NCc1ccc(F)cc1)c1ccnc(NCCc2ccc(Cl)cc2)c1. The van der Waals surface area contributed by atoms with E-state index in [1.807, 2.05) is 24.3 Å². The highest BCUT2D eigenvalue weighted by molar-refractivity contribution is 6.30. The van der Waals surface area contributed by atoms with Crippen LogP contribution in [-0.2, 0) is 13.0 Å². The molecule has 3 rings (SSSR count). The molecule has 1 aromatic heterocycles. The van der Waals surface area contributed by atoms with Crippen molar-refractivity contribution < 1.29 is 9.18 Å². The summed E-state index contributed by atoms with van der Waals surface area (Å²) in [6.45, 7) is 1.02. The van der Waals surface area contributed by atoms with E-state index in [2.05, 4.69) is 15.6 Å². The zero-order valence-corrected chi connectivity index (χ0v) is 15.3. The Morgan fingerprint density at radius 3 is 2.44 bits per heavy atom. The van der Waals surface area contributed by atoms with Crippen LogP contribution in [0.1, 0.15) is 21.5 Å². The summed E-state index contributed by atoms with van der Waals surface area (Å²) in [5.41, 5.74) is 2.52. The molecule has 3 aromatic rings. The van der Waals surface area contributed by atoms with Crippen LogP contribution < -0.4 is 10.6 Å². The molecule has 0 bridgehead atoms. The van der Waals surface area contributed by atoms with E-state index in [1.54, 1.807) is 30.5 Å². The van der Waals surface area contributed by atoms with Crippen molar-refractivity contribution in [1.29, 1.82) is 0 Å². The largest absolute Gasteiger partial charge is 0.370 e. The van der Waals surface area contributed by atoms with Gasteiger partial charge < -0.3 is 10.6 Å². The van der Waals surface area contributed by atoms with Gasteiger partial charge in [0.1, 0.15) is 11.6 Å². The Bertz CT molecular complexity index is 898. The predicted molar refractivity (Wildman–Crippen MR) is 105 cm³/mol. The molecule has 6 heteroatoms. The van der Waals surface area contributed by atoms with Crippen molar-refractivity contribution in [2.45, 2.75) is 13.0 Å². The number of halogens is 2. The maximum atomic E-state index is 12.9. The van der Waals surface area contributed by atoms with Gasteiger partial charge in [0.2, 0.25) is 0 Å². The highest BCUT2D eigenvalue weighted by Gasteiger charge is 2.07. The molecule has 0 saturated heterocycles. The lowest BCUT2D eigenvalue weighted by atomic mass is 10.1. The molecule has 0 saturated carbocycles. The molecule has 4 nitrogen and oxygen atoms in total. The van der Waals surface area contributed by atoms with E-state index in [-0.39, 0.29) is 11.7 Å². The summed E-state index contributed by atoms with van der Waals surface area (Å²) in [4.78, 5) is 16.6. The first-order valence-corrected chi connectivity index (χ1v) is 8.95. The minimum absolute atomic E-state index is 0.206. The van der Waals surface area contributed by atoms with Gasteiger partial charge in [0, 0.05) is 29.9 Å². The van der Waals surface area contributed by atoms with E-state index in [0.29, 0.717) is 29.5 Å². The Hall–Kier alpha value is -2.92. The van der Waals surface area contributed by atoms with Crippen LogP contribution in [0.5, 0.6) is 0 Å². The molecule has 0 aliphatic heterocycles. The quantitative estimate of drug-likeness (QED) is 0.633. The number of nitrogens with one attached hydrogen (secondary N) is 2. The minimum Gasteiger partial charge on any atom is -0.370 e. The molecule has 0 radical (unpaired) electrons. The Morgan fingerprint density at radius 1 is 1.00 bits per heavy atom. The summed E-state index contributed by atoms with van der Waals surface area (Å²) in [6, 6.07) is 17.1. The van der Waals surface area contributed by atoms with Crippen molar-refractivity contribution in [2.75, 3.05) is 11.9 Å². The number of carbonyl (C=O) groups is 1. The second kappa shape index (κ2) is 9.14. The number of amides is 1. The third-order valence-electron chi connectivity index (χ3n) is 4.02. The minimum atomic E-state index is -0.298. The van der Waals surface area contributed by atoms with Gasteiger partial charge in [-0.25, -0.2) is 9.37 Å². The second-order valence-electron chi connectivity index (χ2n) is 6.04. The zero-order valence-electron chi connectivity index (χ0n) is 14.6. The van der Waals surface area contributed by atoms with Crippen molar-refractivity contribution in [2.24, 2.45) is 0 Å². The molecule has 0 aliphatic carbocycles. The van der Waals surface area contributed by atoms with Crippen LogP contribution in [0, 0.1) is 5.82 Å². The second-order valence-corrected chi connectivity index (χ2v) is 6.48. The number of rotatable bonds is 7. The van der Waals surface area contributed by atoms with Crippen LogP contribution >= 0.6 is 11.6 Å². The van der Waals surface area contributed by atoms with Crippen LogP contribution in [0.2, 0.25) is 5.02 Å².